The minimum absolute atomic E-state index is 0.176. The van der Waals surface area contributed by atoms with Gasteiger partial charge in [-0.05, 0) is 71.6 Å². The number of ether oxygens (including phenoxy) is 2. The van der Waals surface area contributed by atoms with Crippen molar-refractivity contribution >= 4 is 27.1 Å². The number of anilines is 2. The quantitative estimate of drug-likeness (QED) is 0.126. The summed E-state index contributed by atoms with van der Waals surface area (Å²) in [7, 11) is -5.61. The number of halogens is 3. The van der Waals surface area contributed by atoms with E-state index in [2.05, 4.69) is 9.83 Å². The lowest BCUT2D eigenvalue weighted by Gasteiger charge is -2.28. The van der Waals surface area contributed by atoms with Crippen LogP contribution in [-0.4, -0.2) is 25.5 Å². The van der Waals surface area contributed by atoms with Crippen LogP contribution in [0.3, 0.4) is 0 Å². The van der Waals surface area contributed by atoms with Crippen molar-refractivity contribution in [3.05, 3.63) is 149 Å². The van der Waals surface area contributed by atoms with E-state index < -0.39 is 15.5 Å². The molecule has 5 aromatic rings. The van der Waals surface area contributed by atoms with Crippen molar-refractivity contribution in [3.63, 3.8) is 0 Å². The highest BCUT2D eigenvalue weighted by Gasteiger charge is 2.46. The summed E-state index contributed by atoms with van der Waals surface area (Å²) in [6, 6.07) is 30.1. The van der Waals surface area contributed by atoms with Gasteiger partial charge in [-0.2, -0.15) is 21.6 Å². The molecule has 0 aliphatic carbocycles. The number of hydrogen-bond donors (Lipinski definition) is 1. The third kappa shape index (κ3) is 8.83. The number of hydrogen-bond acceptors (Lipinski definition) is 6. The monoisotopic (exact) mass is 672 g/mol. The van der Waals surface area contributed by atoms with Gasteiger partial charge in [0.05, 0.1) is 18.9 Å². The number of nitrogens with one attached hydrogen (secondary N) is 1. The average Bonchev–Trinajstić information content (AvgIpc) is 3.07. The number of nitrogens with zero attached hydrogens (tertiary/aromatic N) is 3. The molecule has 1 aromatic heterocycles. The first-order valence-corrected chi connectivity index (χ1v) is 16.3. The van der Waals surface area contributed by atoms with E-state index in [0.717, 1.165) is 23.1 Å². The zero-order chi connectivity index (χ0) is 34.1. The van der Waals surface area contributed by atoms with Crippen molar-refractivity contribution in [2.75, 3.05) is 16.2 Å². The normalized spacial score (nSPS) is 11.4. The van der Waals surface area contributed by atoms with Crippen molar-refractivity contribution in [1.82, 2.24) is 4.98 Å². The lowest BCUT2D eigenvalue weighted by molar-refractivity contribution is -0.0429. The van der Waals surface area contributed by atoms with Crippen molar-refractivity contribution in [3.8, 4) is 17.2 Å². The molecule has 1 heterocycles. The fourth-order valence-corrected chi connectivity index (χ4v) is 5.51. The number of pyridine rings is 1. The van der Waals surface area contributed by atoms with Crippen LogP contribution in [-0.2, 0) is 29.5 Å². The van der Waals surface area contributed by atoms with Gasteiger partial charge in [0, 0.05) is 43.7 Å². The van der Waals surface area contributed by atoms with Crippen LogP contribution in [0.1, 0.15) is 22.3 Å². The van der Waals surface area contributed by atoms with E-state index in [-0.39, 0.29) is 5.69 Å². The molecule has 0 bridgehead atoms. The first-order chi connectivity index (χ1) is 23.0. The summed E-state index contributed by atoms with van der Waals surface area (Å²) in [4.78, 5) is 9.46. The Balaban J connectivity index is 1.32. The van der Waals surface area contributed by atoms with Crippen molar-refractivity contribution in [2.24, 2.45) is 0 Å². The smallest absolute Gasteiger partial charge is 0.493 e. The van der Waals surface area contributed by atoms with Crippen LogP contribution < -0.4 is 19.1 Å². The maximum atomic E-state index is 13.1. The molecular formula is C36H31F3N4O4S. The summed E-state index contributed by atoms with van der Waals surface area (Å²) in [5.41, 5.74) is -1.50. The SMILES string of the molecule is [C-]#[N+]c1ccc(CN(Cc2ccc(Oc3cccc(OCCc4cccnc4)c3)cc2)c2cccc(NS(=O)(=O)C(F)(F)F)c2C)cc1. The van der Waals surface area contributed by atoms with E-state index in [1.165, 1.54) is 12.1 Å². The van der Waals surface area contributed by atoms with Crippen LogP contribution in [0, 0.1) is 13.5 Å². The van der Waals surface area contributed by atoms with Gasteiger partial charge in [0.15, 0.2) is 5.69 Å². The van der Waals surface area contributed by atoms with Gasteiger partial charge in [-0.1, -0.05) is 54.6 Å². The molecule has 0 spiro atoms. The molecule has 0 aliphatic rings. The summed E-state index contributed by atoms with van der Waals surface area (Å²) >= 11 is 0. The maximum Gasteiger partial charge on any atom is 0.516 e. The van der Waals surface area contributed by atoms with Gasteiger partial charge in [0.25, 0.3) is 0 Å². The summed E-state index contributed by atoms with van der Waals surface area (Å²) in [6.07, 6.45) is 4.25. The highest BCUT2D eigenvalue weighted by molar-refractivity contribution is 7.93. The molecule has 0 aliphatic heterocycles. The highest BCUT2D eigenvalue weighted by atomic mass is 32.2. The molecule has 0 amide bonds. The Kier molecular flexibility index (Phi) is 10.5. The third-order valence-electron chi connectivity index (χ3n) is 7.35. The molecule has 48 heavy (non-hydrogen) atoms. The predicted molar refractivity (Wildman–Crippen MR) is 179 cm³/mol. The molecule has 246 valence electrons. The maximum absolute atomic E-state index is 13.1. The summed E-state index contributed by atoms with van der Waals surface area (Å²) < 4.78 is 76.8. The van der Waals surface area contributed by atoms with Gasteiger partial charge in [-0.15, -0.1) is 0 Å². The Morgan fingerprint density at radius 2 is 1.50 bits per heavy atom. The van der Waals surface area contributed by atoms with E-state index in [4.69, 9.17) is 16.0 Å². The Morgan fingerprint density at radius 1 is 0.833 bits per heavy atom. The first kappa shape index (κ1) is 33.8. The molecule has 1 N–H and O–H groups in total. The molecule has 4 aromatic carbocycles. The fraction of sp³-hybridized carbons (Fsp3) is 0.167. The molecule has 8 nitrogen and oxygen atoms in total. The van der Waals surface area contributed by atoms with Crippen LogP contribution >= 0.6 is 0 Å². The highest BCUT2D eigenvalue weighted by Crippen LogP contribution is 2.33. The van der Waals surface area contributed by atoms with Gasteiger partial charge in [-0.3, -0.25) is 9.71 Å². The molecule has 0 saturated heterocycles. The van der Waals surface area contributed by atoms with Gasteiger partial charge in [0.2, 0.25) is 0 Å². The van der Waals surface area contributed by atoms with Gasteiger partial charge >= 0.3 is 15.5 Å². The van der Waals surface area contributed by atoms with E-state index >= 15 is 0 Å². The van der Waals surface area contributed by atoms with E-state index in [1.54, 1.807) is 60.4 Å². The van der Waals surface area contributed by atoms with E-state index in [9.17, 15) is 21.6 Å². The second-order valence-corrected chi connectivity index (χ2v) is 12.5. The van der Waals surface area contributed by atoms with Gasteiger partial charge in [0.1, 0.15) is 17.2 Å². The van der Waals surface area contributed by atoms with Crippen molar-refractivity contribution < 1.29 is 31.1 Å². The minimum atomic E-state index is -5.61. The van der Waals surface area contributed by atoms with Crippen molar-refractivity contribution in [1.29, 1.82) is 0 Å². The van der Waals surface area contributed by atoms with E-state index in [0.29, 0.717) is 53.9 Å². The molecule has 0 unspecified atom stereocenters. The topological polar surface area (TPSA) is 85.1 Å². The zero-order valence-corrected chi connectivity index (χ0v) is 26.6. The largest absolute Gasteiger partial charge is 0.516 e. The number of alkyl halides is 3. The fourth-order valence-electron chi connectivity index (χ4n) is 4.88. The molecule has 0 saturated carbocycles. The van der Waals surface area contributed by atoms with Gasteiger partial charge in [-0.25, -0.2) is 4.85 Å². The Hall–Kier alpha value is -5.54. The third-order valence-corrected chi connectivity index (χ3v) is 8.45. The molecule has 5 rings (SSSR count). The van der Waals surface area contributed by atoms with Crippen LogP contribution in [0.4, 0.5) is 30.2 Å². The van der Waals surface area contributed by atoms with Crippen LogP contribution in [0.2, 0.25) is 0 Å². The van der Waals surface area contributed by atoms with Gasteiger partial charge < -0.3 is 14.4 Å². The number of sulfonamides is 1. The Bertz CT molecular complexity index is 1980. The minimum Gasteiger partial charge on any atom is -0.493 e. The second-order valence-electron chi connectivity index (χ2n) is 10.8. The average molecular weight is 673 g/mol. The number of aromatic nitrogens is 1. The van der Waals surface area contributed by atoms with Crippen molar-refractivity contribution in [2.45, 2.75) is 31.9 Å². The lowest BCUT2D eigenvalue weighted by Crippen LogP contribution is -2.30. The lowest BCUT2D eigenvalue weighted by atomic mass is 10.1. The first-order valence-electron chi connectivity index (χ1n) is 14.8. The molecular weight excluding hydrogens is 641 g/mol. The number of benzene rings is 4. The Morgan fingerprint density at radius 3 is 2.15 bits per heavy atom. The summed E-state index contributed by atoms with van der Waals surface area (Å²) in [5.74, 6) is 1.86. The molecule has 12 heteroatoms. The summed E-state index contributed by atoms with van der Waals surface area (Å²) in [5, 5.41) is 0. The molecule has 0 fully saturated rings. The van der Waals surface area contributed by atoms with Crippen LogP contribution in [0.25, 0.3) is 4.85 Å². The summed E-state index contributed by atoms with van der Waals surface area (Å²) in [6.45, 7) is 9.94. The predicted octanol–water partition coefficient (Wildman–Crippen LogP) is 8.82. The van der Waals surface area contributed by atoms with E-state index in [1.807, 2.05) is 59.5 Å². The van der Waals surface area contributed by atoms with Crippen LogP contribution in [0.5, 0.6) is 17.2 Å². The second kappa shape index (κ2) is 14.9. The standard InChI is InChI=1S/C36H31F3N4O4S/c1-26-34(42-48(44,45)36(37,38)39)9-4-10-35(26)43(24-28-11-15-30(40-2)16-12-28)25-29-13-17-31(18-14-29)47-33-8-3-7-32(22-33)46-21-19-27-6-5-20-41-23-27/h3-18,20,22-23,42H,19,21,24-25H2,1H3. The molecule has 0 radical (unpaired) electrons. The number of rotatable bonds is 13. The molecule has 0 atom stereocenters. The van der Waals surface area contributed by atoms with Crippen LogP contribution in [0.15, 0.2) is 116 Å². The zero-order valence-electron chi connectivity index (χ0n) is 25.8. The Labute approximate surface area is 277 Å².